The fraction of sp³-hybridized carbons (Fsp3) is 0.200. The molecule has 0 saturated carbocycles. The number of ether oxygens (including phenoxy) is 3. The number of carbonyl (C=O) groups excluding carboxylic acids is 2. The summed E-state index contributed by atoms with van der Waals surface area (Å²) >= 11 is 0. The Morgan fingerprint density at radius 3 is 2.52 bits per heavy atom. The van der Waals surface area contributed by atoms with Gasteiger partial charge in [-0.1, -0.05) is 18.2 Å². The highest BCUT2D eigenvalue weighted by atomic mass is 19.1. The maximum Gasteiger partial charge on any atom is 0.265 e. The van der Waals surface area contributed by atoms with Crippen LogP contribution in [0.2, 0.25) is 0 Å². The first kappa shape index (κ1) is 22.1. The quantitative estimate of drug-likeness (QED) is 0.558. The number of anilines is 2. The van der Waals surface area contributed by atoms with Crippen LogP contribution in [0.4, 0.5) is 15.8 Å². The highest BCUT2D eigenvalue weighted by Crippen LogP contribution is 2.35. The predicted octanol–water partition coefficient (Wildman–Crippen LogP) is 4.17. The molecule has 3 aromatic carbocycles. The highest BCUT2D eigenvalue weighted by molar-refractivity contribution is 5.99. The molecule has 0 aromatic heterocycles. The monoisotopic (exact) mass is 450 g/mol. The topological polar surface area (TPSA) is 77.1 Å². The minimum absolute atomic E-state index is 0.0557. The summed E-state index contributed by atoms with van der Waals surface area (Å²) < 4.78 is 30.5. The molecule has 2 amide bonds. The molecule has 7 nitrogen and oxygen atoms in total. The van der Waals surface area contributed by atoms with Gasteiger partial charge in [-0.2, -0.15) is 0 Å². The molecule has 0 radical (unpaired) electrons. The van der Waals surface area contributed by atoms with Gasteiger partial charge >= 0.3 is 0 Å². The first-order chi connectivity index (χ1) is 16.0. The molecule has 8 heteroatoms. The van der Waals surface area contributed by atoms with E-state index < -0.39 is 5.82 Å². The zero-order valence-corrected chi connectivity index (χ0v) is 18.0. The van der Waals surface area contributed by atoms with Gasteiger partial charge in [0.1, 0.15) is 23.1 Å². The van der Waals surface area contributed by atoms with Crippen molar-refractivity contribution >= 4 is 23.2 Å². The van der Waals surface area contributed by atoms with Crippen molar-refractivity contribution in [1.82, 2.24) is 0 Å². The van der Waals surface area contributed by atoms with E-state index in [1.807, 2.05) is 6.92 Å². The lowest BCUT2D eigenvalue weighted by Crippen LogP contribution is -2.38. The predicted molar refractivity (Wildman–Crippen MR) is 121 cm³/mol. The average Bonchev–Trinajstić information content (AvgIpc) is 2.82. The van der Waals surface area contributed by atoms with Crippen molar-refractivity contribution in [1.29, 1.82) is 0 Å². The number of fused-ring (bicyclic) bond motifs is 1. The van der Waals surface area contributed by atoms with Crippen molar-refractivity contribution < 1.29 is 28.2 Å². The van der Waals surface area contributed by atoms with Crippen LogP contribution in [0.5, 0.6) is 17.2 Å². The van der Waals surface area contributed by atoms with E-state index in [1.165, 1.54) is 11.0 Å². The van der Waals surface area contributed by atoms with E-state index in [0.29, 0.717) is 35.0 Å². The lowest BCUT2D eigenvalue weighted by atomic mass is 10.1. The smallest absolute Gasteiger partial charge is 0.265 e. The maximum absolute atomic E-state index is 14.1. The number of nitrogens with one attached hydrogen (secondary N) is 1. The first-order valence-electron chi connectivity index (χ1n) is 10.5. The minimum Gasteiger partial charge on any atom is -0.494 e. The molecule has 1 heterocycles. The van der Waals surface area contributed by atoms with Crippen molar-refractivity contribution in [3.8, 4) is 17.2 Å². The summed E-state index contributed by atoms with van der Waals surface area (Å²) in [6.45, 7) is 2.19. The van der Waals surface area contributed by atoms with Crippen molar-refractivity contribution in [2.75, 3.05) is 30.0 Å². The Bertz CT molecular complexity index is 1150. The summed E-state index contributed by atoms with van der Waals surface area (Å²) in [7, 11) is 0. The third kappa shape index (κ3) is 5.41. The number of nitrogens with zero attached hydrogens (tertiary/aromatic N) is 1. The molecule has 170 valence electrons. The van der Waals surface area contributed by atoms with Gasteiger partial charge in [-0.3, -0.25) is 9.59 Å². The lowest BCUT2D eigenvalue weighted by Gasteiger charge is -2.30. The number of halogens is 1. The van der Waals surface area contributed by atoms with Gasteiger partial charge in [0.15, 0.2) is 13.2 Å². The number of carbonyl (C=O) groups is 2. The van der Waals surface area contributed by atoms with Crippen molar-refractivity contribution in [2.24, 2.45) is 0 Å². The zero-order chi connectivity index (χ0) is 23.2. The van der Waals surface area contributed by atoms with E-state index >= 15 is 0 Å². The molecule has 1 N–H and O–H groups in total. The van der Waals surface area contributed by atoms with Crippen molar-refractivity contribution in [2.45, 2.75) is 13.5 Å². The third-order valence-electron chi connectivity index (χ3n) is 4.98. The van der Waals surface area contributed by atoms with Crippen molar-refractivity contribution in [3.05, 3.63) is 78.1 Å². The van der Waals surface area contributed by atoms with Crippen LogP contribution < -0.4 is 24.4 Å². The normalized spacial score (nSPS) is 12.5. The molecule has 33 heavy (non-hydrogen) atoms. The van der Waals surface area contributed by atoms with E-state index in [-0.39, 0.29) is 31.6 Å². The Hall–Kier alpha value is -4.07. The van der Waals surface area contributed by atoms with E-state index in [2.05, 4.69) is 5.32 Å². The van der Waals surface area contributed by atoms with Crippen LogP contribution in [0.25, 0.3) is 0 Å². The standard InChI is InChI=1S/C25H23FN2O5/c1-2-31-19-8-10-20(11-9-19)32-15-24(29)27-18-7-12-23-22(13-18)28(25(30)16-33-23)14-17-5-3-4-6-21(17)26/h3-13H,2,14-16H2,1H3,(H,27,29). The lowest BCUT2D eigenvalue weighted by molar-refractivity contribution is -0.121. The van der Waals surface area contributed by atoms with Gasteiger partial charge in [0.2, 0.25) is 0 Å². The molecule has 0 spiro atoms. The number of amides is 2. The van der Waals surface area contributed by atoms with Crippen LogP contribution in [0.3, 0.4) is 0 Å². The molecule has 0 unspecified atom stereocenters. The Balaban J connectivity index is 1.43. The number of hydrogen-bond donors (Lipinski definition) is 1. The molecular formula is C25H23FN2O5. The molecule has 0 aliphatic carbocycles. The zero-order valence-electron chi connectivity index (χ0n) is 18.0. The van der Waals surface area contributed by atoms with E-state index in [1.54, 1.807) is 60.7 Å². The van der Waals surface area contributed by atoms with Crippen LogP contribution in [0.1, 0.15) is 12.5 Å². The largest absolute Gasteiger partial charge is 0.494 e. The van der Waals surface area contributed by atoms with Gasteiger partial charge < -0.3 is 24.4 Å². The molecule has 0 saturated heterocycles. The summed E-state index contributed by atoms with van der Waals surface area (Å²) in [4.78, 5) is 26.3. The molecule has 0 bridgehead atoms. The highest BCUT2D eigenvalue weighted by Gasteiger charge is 2.27. The summed E-state index contributed by atoms with van der Waals surface area (Å²) in [6, 6.07) is 18.2. The Labute approximate surface area is 190 Å². The Kier molecular flexibility index (Phi) is 6.73. The fourth-order valence-corrected chi connectivity index (χ4v) is 3.39. The van der Waals surface area contributed by atoms with E-state index in [9.17, 15) is 14.0 Å². The average molecular weight is 450 g/mol. The molecule has 4 rings (SSSR count). The second-order valence-electron chi connectivity index (χ2n) is 7.28. The van der Waals surface area contributed by atoms with Gasteiger partial charge in [0.25, 0.3) is 11.8 Å². The van der Waals surface area contributed by atoms with Crippen LogP contribution >= 0.6 is 0 Å². The minimum atomic E-state index is -0.394. The van der Waals surface area contributed by atoms with Gasteiger partial charge in [0.05, 0.1) is 18.8 Å². The second-order valence-corrected chi connectivity index (χ2v) is 7.28. The van der Waals surface area contributed by atoms with E-state index in [4.69, 9.17) is 14.2 Å². The van der Waals surface area contributed by atoms with Crippen LogP contribution in [-0.2, 0) is 16.1 Å². The van der Waals surface area contributed by atoms with Gasteiger partial charge in [-0.05, 0) is 55.5 Å². The van der Waals surface area contributed by atoms with Crippen molar-refractivity contribution in [3.63, 3.8) is 0 Å². The Morgan fingerprint density at radius 1 is 1.06 bits per heavy atom. The summed E-state index contributed by atoms with van der Waals surface area (Å²) in [5, 5.41) is 2.75. The summed E-state index contributed by atoms with van der Waals surface area (Å²) in [5.74, 6) is 0.679. The van der Waals surface area contributed by atoms with Gasteiger partial charge in [-0.25, -0.2) is 4.39 Å². The molecule has 0 fully saturated rings. The molecule has 1 aliphatic heterocycles. The second kappa shape index (κ2) is 10.0. The maximum atomic E-state index is 14.1. The summed E-state index contributed by atoms with van der Waals surface area (Å²) in [5.41, 5.74) is 1.31. The third-order valence-corrected chi connectivity index (χ3v) is 4.98. The first-order valence-corrected chi connectivity index (χ1v) is 10.5. The molecule has 3 aromatic rings. The number of rotatable bonds is 8. The van der Waals surface area contributed by atoms with Crippen LogP contribution in [0, 0.1) is 5.82 Å². The van der Waals surface area contributed by atoms with Gasteiger partial charge in [0, 0.05) is 11.3 Å². The fourth-order valence-electron chi connectivity index (χ4n) is 3.39. The Morgan fingerprint density at radius 2 is 1.79 bits per heavy atom. The SMILES string of the molecule is CCOc1ccc(OCC(=O)Nc2ccc3c(c2)N(Cc2ccccc2F)C(=O)CO3)cc1. The molecule has 0 atom stereocenters. The number of benzene rings is 3. The van der Waals surface area contributed by atoms with Crippen LogP contribution in [0.15, 0.2) is 66.7 Å². The molecular weight excluding hydrogens is 427 g/mol. The molecule has 1 aliphatic rings. The van der Waals surface area contributed by atoms with Crippen LogP contribution in [-0.4, -0.2) is 31.6 Å². The van der Waals surface area contributed by atoms with Gasteiger partial charge in [-0.15, -0.1) is 0 Å². The number of hydrogen-bond acceptors (Lipinski definition) is 5. The van der Waals surface area contributed by atoms with E-state index in [0.717, 1.165) is 5.75 Å². The summed E-state index contributed by atoms with van der Waals surface area (Å²) in [6.07, 6.45) is 0.